The van der Waals surface area contributed by atoms with E-state index in [0.717, 1.165) is 0 Å². The van der Waals surface area contributed by atoms with Crippen LogP contribution in [0.1, 0.15) is 0 Å². The molecule has 2 atom stereocenters. The van der Waals surface area contributed by atoms with Crippen LogP contribution in [0.3, 0.4) is 0 Å². The molecule has 1 fully saturated rings. The maximum atomic E-state index is 8.99. The molecule has 1 rings (SSSR count). The Hall–Kier alpha value is -0.630. The zero-order chi connectivity index (χ0) is 7.56. The average molecular weight is 142 g/mol. The van der Waals surface area contributed by atoms with Crippen molar-refractivity contribution in [2.24, 2.45) is 0 Å². The zero-order valence-corrected chi connectivity index (χ0v) is 5.56. The van der Waals surface area contributed by atoms with E-state index in [0.29, 0.717) is 13.1 Å². The summed E-state index contributed by atoms with van der Waals surface area (Å²) >= 11 is 0. The van der Waals surface area contributed by atoms with Crippen molar-refractivity contribution >= 4 is 0 Å². The van der Waals surface area contributed by atoms with Gasteiger partial charge in [-0.15, -0.1) is 0 Å². The number of β-amino-alcohol motifs (C(OH)–C–C–N with tert-alkyl or cyclic N) is 2. The molecule has 0 aliphatic carbocycles. The summed E-state index contributed by atoms with van der Waals surface area (Å²) in [6, 6.07) is 1.95. The first-order valence-electron chi connectivity index (χ1n) is 3.19. The van der Waals surface area contributed by atoms with E-state index in [1.54, 1.807) is 4.90 Å². The van der Waals surface area contributed by atoms with Crippen molar-refractivity contribution in [3.63, 3.8) is 0 Å². The van der Waals surface area contributed by atoms with Crippen LogP contribution in [0, 0.1) is 11.3 Å². The normalized spacial score (nSPS) is 34.1. The topological polar surface area (TPSA) is 67.5 Å². The van der Waals surface area contributed by atoms with Gasteiger partial charge in [-0.3, -0.25) is 4.90 Å². The van der Waals surface area contributed by atoms with Gasteiger partial charge in [0.2, 0.25) is 0 Å². The van der Waals surface area contributed by atoms with Gasteiger partial charge in [0, 0.05) is 13.1 Å². The van der Waals surface area contributed by atoms with Crippen LogP contribution < -0.4 is 0 Å². The maximum absolute atomic E-state index is 8.99. The molecule has 1 heterocycles. The van der Waals surface area contributed by atoms with Crippen LogP contribution in [0.4, 0.5) is 0 Å². The lowest BCUT2D eigenvalue weighted by Gasteiger charge is -2.07. The second-order valence-corrected chi connectivity index (χ2v) is 2.49. The Morgan fingerprint density at radius 3 is 2.30 bits per heavy atom. The van der Waals surface area contributed by atoms with Gasteiger partial charge in [-0.1, -0.05) is 0 Å². The van der Waals surface area contributed by atoms with Gasteiger partial charge in [-0.2, -0.15) is 5.26 Å². The Kier molecular flexibility index (Phi) is 2.22. The summed E-state index contributed by atoms with van der Waals surface area (Å²) in [5.41, 5.74) is 0. The summed E-state index contributed by atoms with van der Waals surface area (Å²) in [7, 11) is 0. The van der Waals surface area contributed by atoms with Gasteiger partial charge in [0.25, 0.3) is 0 Å². The molecule has 1 saturated heterocycles. The first-order valence-corrected chi connectivity index (χ1v) is 3.19. The number of aliphatic hydroxyl groups is 2. The van der Waals surface area contributed by atoms with Gasteiger partial charge in [0.1, 0.15) is 0 Å². The highest BCUT2D eigenvalue weighted by atomic mass is 16.3. The summed E-state index contributed by atoms with van der Waals surface area (Å²) in [5.74, 6) is 0. The number of likely N-dealkylation sites (tertiary alicyclic amines) is 1. The molecule has 4 nitrogen and oxygen atoms in total. The van der Waals surface area contributed by atoms with E-state index in [-0.39, 0.29) is 6.54 Å². The molecule has 1 aliphatic rings. The van der Waals surface area contributed by atoms with Gasteiger partial charge in [0.05, 0.1) is 24.8 Å². The van der Waals surface area contributed by atoms with E-state index in [4.69, 9.17) is 15.5 Å². The van der Waals surface area contributed by atoms with Crippen LogP contribution in [0.15, 0.2) is 0 Å². The van der Waals surface area contributed by atoms with E-state index in [2.05, 4.69) is 0 Å². The molecule has 10 heavy (non-hydrogen) atoms. The third-order valence-electron chi connectivity index (χ3n) is 1.63. The Morgan fingerprint density at radius 2 is 1.90 bits per heavy atom. The molecule has 0 amide bonds. The van der Waals surface area contributed by atoms with Crippen molar-refractivity contribution in [2.45, 2.75) is 12.2 Å². The second-order valence-electron chi connectivity index (χ2n) is 2.49. The molecular formula is C6H10N2O2. The summed E-state index contributed by atoms with van der Waals surface area (Å²) in [4.78, 5) is 1.72. The van der Waals surface area contributed by atoms with Crippen molar-refractivity contribution in [1.29, 1.82) is 5.26 Å². The molecule has 0 saturated carbocycles. The predicted octanol–water partition coefficient (Wildman–Crippen LogP) is -1.45. The molecule has 1 aliphatic heterocycles. The molecule has 56 valence electrons. The number of rotatable bonds is 1. The summed E-state index contributed by atoms with van der Waals surface area (Å²) in [5, 5.41) is 26.2. The van der Waals surface area contributed by atoms with Crippen molar-refractivity contribution in [3.05, 3.63) is 0 Å². The van der Waals surface area contributed by atoms with Crippen LogP contribution >= 0.6 is 0 Å². The zero-order valence-electron chi connectivity index (χ0n) is 5.56. The molecule has 0 aromatic heterocycles. The van der Waals surface area contributed by atoms with Crippen LogP contribution in [0.25, 0.3) is 0 Å². The highest BCUT2D eigenvalue weighted by Gasteiger charge is 2.28. The summed E-state index contributed by atoms with van der Waals surface area (Å²) in [6.07, 6.45) is -1.35. The molecule has 2 N–H and O–H groups in total. The van der Waals surface area contributed by atoms with E-state index in [1.165, 1.54) is 0 Å². The Bertz CT molecular complexity index is 144. The lowest BCUT2D eigenvalue weighted by Crippen LogP contribution is -2.22. The van der Waals surface area contributed by atoms with Crippen LogP contribution in [0.5, 0.6) is 0 Å². The molecule has 4 heteroatoms. The minimum absolute atomic E-state index is 0.286. The first-order chi connectivity index (χ1) is 4.74. The molecular weight excluding hydrogens is 132 g/mol. The maximum Gasteiger partial charge on any atom is 0.0938 e. The molecule has 0 unspecified atom stereocenters. The lowest BCUT2D eigenvalue weighted by molar-refractivity contribution is 0.0572. The smallest absolute Gasteiger partial charge is 0.0938 e. The number of nitriles is 1. The van der Waals surface area contributed by atoms with Gasteiger partial charge >= 0.3 is 0 Å². The minimum atomic E-state index is -0.673. The number of hydrogen-bond donors (Lipinski definition) is 2. The molecule has 0 bridgehead atoms. The van der Waals surface area contributed by atoms with Crippen LogP contribution in [-0.4, -0.2) is 47.0 Å². The lowest BCUT2D eigenvalue weighted by atomic mass is 10.3. The molecule has 0 aromatic carbocycles. The Labute approximate surface area is 59.3 Å². The van der Waals surface area contributed by atoms with Crippen molar-refractivity contribution < 1.29 is 10.2 Å². The quantitative estimate of drug-likeness (QED) is 0.439. The van der Waals surface area contributed by atoms with E-state index >= 15 is 0 Å². The second kappa shape index (κ2) is 2.97. The standard InChI is InChI=1S/C6H10N2O2/c7-1-2-8-3-5(9)6(10)4-8/h5-6,9-10H,2-4H2/t5-,6+. The number of hydrogen-bond acceptors (Lipinski definition) is 4. The third-order valence-corrected chi connectivity index (χ3v) is 1.63. The fourth-order valence-electron chi connectivity index (χ4n) is 1.08. The molecule has 0 radical (unpaired) electrons. The summed E-state index contributed by atoms with van der Waals surface area (Å²) in [6.45, 7) is 1.11. The van der Waals surface area contributed by atoms with Gasteiger partial charge < -0.3 is 10.2 Å². The fraction of sp³-hybridized carbons (Fsp3) is 0.833. The van der Waals surface area contributed by atoms with Crippen molar-refractivity contribution in [1.82, 2.24) is 4.90 Å². The van der Waals surface area contributed by atoms with Crippen LogP contribution in [0.2, 0.25) is 0 Å². The Morgan fingerprint density at radius 1 is 1.40 bits per heavy atom. The first kappa shape index (κ1) is 7.48. The molecule has 0 aromatic rings. The highest BCUT2D eigenvalue weighted by molar-refractivity contribution is 4.88. The largest absolute Gasteiger partial charge is 0.389 e. The van der Waals surface area contributed by atoms with Crippen molar-refractivity contribution in [3.8, 4) is 6.07 Å². The highest BCUT2D eigenvalue weighted by Crippen LogP contribution is 2.08. The van der Waals surface area contributed by atoms with Gasteiger partial charge in [-0.05, 0) is 0 Å². The Balaban J connectivity index is 2.35. The number of nitrogens with zero attached hydrogens (tertiary/aromatic N) is 2. The van der Waals surface area contributed by atoms with E-state index < -0.39 is 12.2 Å². The summed E-state index contributed by atoms with van der Waals surface area (Å²) < 4.78 is 0. The minimum Gasteiger partial charge on any atom is -0.389 e. The average Bonchev–Trinajstić information content (AvgIpc) is 2.14. The SMILES string of the molecule is N#CCN1C[C@@H](O)[C@@H](O)C1. The fourth-order valence-corrected chi connectivity index (χ4v) is 1.08. The van der Waals surface area contributed by atoms with Crippen LogP contribution in [-0.2, 0) is 0 Å². The van der Waals surface area contributed by atoms with Crippen molar-refractivity contribution in [2.75, 3.05) is 19.6 Å². The monoisotopic (exact) mass is 142 g/mol. The predicted molar refractivity (Wildman–Crippen MR) is 34.1 cm³/mol. The number of aliphatic hydroxyl groups excluding tert-OH is 2. The van der Waals surface area contributed by atoms with E-state index in [1.807, 2.05) is 6.07 Å². The third kappa shape index (κ3) is 1.45. The van der Waals surface area contributed by atoms with E-state index in [9.17, 15) is 0 Å². The van der Waals surface area contributed by atoms with Gasteiger partial charge in [-0.25, -0.2) is 0 Å². The molecule has 0 spiro atoms. The van der Waals surface area contributed by atoms with Gasteiger partial charge in [0.15, 0.2) is 0 Å².